The first-order valence-corrected chi connectivity index (χ1v) is 12.0. The number of para-hydroxylation sites is 1. The molecule has 33 heavy (non-hydrogen) atoms. The fourth-order valence-electron chi connectivity index (χ4n) is 4.98. The van der Waals surface area contributed by atoms with Gasteiger partial charge in [0.1, 0.15) is 0 Å². The summed E-state index contributed by atoms with van der Waals surface area (Å²) in [5.41, 5.74) is 4.82. The molecule has 0 aliphatic carbocycles. The van der Waals surface area contributed by atoms with E-state index in [9.17, 15) is 9.59 Å². The van der Waals surface area contributed by atoms with Gasteiger partial charge in [0.15, 0.2) is 0 Å². The van der Waals surface area contributed by atoms with E-state index >= 15 is 0 Å². The lowest BCUT2D eigenvalue weighted by Crippen LogP contribution is -2.49. The van der Waals surface area contributed by atoms with E-state index in [0.29, 0.717) is 19.5 Å². The maximum absolute atomic E-state index is 13.5. The molecule has 1 fully saturated rings. The molecule has 2 aromatic carbocycles. The normalized spacial score (nSPS) is 14.5. The van der Waals surface area contributed by atoms with Gasteiger partial charge < -0.3 is 9.80 Å². The highest BCUT2D eigenvalue weighted by Gasteiger charge is 2.30. The zero-order chi connectivity index (χ0) is 23.4. The van der Waals surface area contributed by atoms with Gasteiger partial charge in [-0.3, -0.25) is 14.6 Å². The Hall–Kier alpha value is -3.21. The summed E-state index contributed by atoms with van der Waals surface area (Å²) >= 11 is 0. The third-order valence-electron chi connectivity index (χ3n) is 6.81. The number of hydrogen-bond acceptors (Lipinski definition) is 3. The molecular formula is C28H33N3O2. The van der Waals surface area contributed by atoms with Gasteiger partial charge in [-0.1, -0.05) is 43.3 Å². The highest BCUT2D eigenvalue weighted by Crippen LogP contribution is 2.25. The molecule has 0 radical (unpaired) electrons. The molecule has 4 rings (SSSR count). The van der Waals surface area contributed by atoms with Gasteiger partial charge in [0.25, 0.3) is 5.91 Å². The number of pyridine rings is 1. The van der Waals surface area contributed by atoms with Crippen molar-refractivity contribution in [2.24, 2.45) is 0 Å². The molecule has 1 saturated heterocycles. The first-order chi connectivity index (χ1) is 16.0. The van der Waals surface area contributed by atoms with Crippen LogP contribution in [0.3, 0.4) is 0 Å². The number of amides is 2. The molecule has 2 amide bonds. The second-order valence-electron chi connectivity index (χ2n) is 8.97. The highest BCUT2D eigenvalue weighted by molar-refractivity contribution is 5.94. The largest absolute Gasteiger partial charge is 0.339 e. The van der Waals surface area contributed by atoms with Crippen LogP contribution >= 0.6 is 0 Å². The number of piperidine rings is 1. The van der Waals surface area contributed by atoms with Gasteiger partial charge in [-0.2, -0.15) is 0 Å². The van der Waals surface area contributed by atoms with Crippen molar-refractivity contribution in [1.82, 2.24) is 14.8 Å². The topological polar surface area (TPSA) is 53.5 Å². The van der Waals surface area contributed by atoms with Crippen molar-refractivity contribution in [3.8, 4) is 0 Å². The number of nitrogens with zero attached hydrogens (tertiary/aromatic N) is 3. The van der Waals surface area contributed by atoms with Crippen LogP contribution in [0.1, 0.15) is 53.4 Å². The first kappa shape index (κ1) is 23.0. The summed E-state index contributed by atoms with van der Waals surface area (Å²) < 4.78 is 0. The van der Waals surface area contributed by atoms with Gasteiger partial charge in [-0.15, -0.1) is 0 Å². The van der Waals surface area contributed by atoms with Crippen molar-refractivity contribution < 1.29 is 9.59 Å². The molecule has 5 nitrogen and oxygen atoms in total. The minimum atomic E-state index is 0.0795. The van der Waals surface area contributed by atoms with Gasteiger partial charge in [0.2, 0.25) is 5.91 Å². The summed E-state index contributed by atoms with van der Waals surface area (Å²) in [5.74, 6) is 0.240. The maximum atomic E-state index is 13.5. The predicted molar refractivity (Wildman–Crippen MR) is 132 cm³/mol. The van der Waals surface area contributed by atoms with Crippen molar-refractivity contribution >= 4 is 22.7 Å². The van der Waals surface area contributed by atoms with Crippen molar-refractivity contribution in [2.75, 3.05) is 19.6 Å². The second kappa shape index (κ2) is 10.2. The van der Waals surface area contributed by atoms with E-state index in [4.69, 9.17) is 4.98 Å². The average Bonchev–Trinajstić information content (AvgIpc) is 2.85. The van der Waals surface area contributed by atoms with Crippen LogP contribution in [0.25, 0.3) is 10.9 Å². The van der Waals surface area contributed by atoms with Crippen molar-refractivity contribution in [3.63, 3.8) is 0 Å². The number of fused-ring (bicyclic) bond motifs is 1. The second-order valence-corrected chi connectivity index (χ2v) is 8.97. The Morgan fingerprint density at radius 1 is 1.00 bits per heavy atom. The van der Waals surface area contributed by atoms with E-state index in [-0.39, 0.29) is 17.9 Å². The summed E-state index contributed by atoms with van der Waals surface area (Å²) in [6, 6.07) is 17.7. The number of hydrogen-bond donors (Lipinski definition) is 0. The van der Waals surface area contributed by atoms with Crippen molar-refractivity contribution in [3.05, 3.63) is 77.0 Å². The fraction of sp³-hybridized carbons (Fsp3) is 0.393. The fourth-order valence-corrected chi connectivity index (χ4v) is 4.98. The lowest BCUT2D eigenvalue weighted by atomic mass is 9.97. The molecule has 1 aromatic heterocycles. The Kier molecular flexibility index (Phi) is 7.07. The van der Waals surface area contributed by atoms with Crippen molar-refractivity contribution in [2.45, 2.75) is 52.5 Å². The zero-order valence-electron chi connectivity index (χ0n) is 19.9. The summed E-state index contributed by atoms with van der Waals surface area (Å²) in [4.78, 5) is 35.0. The van der Waals surface area contributed by atoms with Crippen LogP contribution in [-0.2, 0) is 11.2 Å². The van der Waals surface area contributed by atoms with Crippen molar-refractivity contribution in [1.29, 1.82) is 0 Å². The van der Waals surface area contributed by atoms with E-state index in [1.807, 2.05) is 60.4 Å². The van der Waals surface area contributed by atoms with E-state index in [0.717, 1.165) is 59.1 Å². The van der Waals surface area contributed by atoms with Gasteiger partial charge in [-0.05, 0) is 62.4 Å². The van der Waals surface area contributed by atoms with Crippen LogP contribution in [0.5, 0.6) is 0 Å². The Balaban J connectivity index is 1.46. The molecule has 172 valence electrons. The molecular weight excluding hydrogens is 410 g/mol. The Bertz CT molecular complexity index is 1130. The molecule has 2 heterocycles. The number of likely N-dealkylation sites (tertiary alicyclic amines) is 1. The van der Waals surface area contributed by atoms with E-state index in [1.54, 1.807) is 0 Å². The Morgan fingerprint density at radius 2 is 1.67 bits per heavy atom. The molecule has 0 saturated carbocycles. The summed E-state index contributed by atoms with van der Waals surface area (Å²) in [6.07, 6.45) is 2.93. The number of carbonyl (C=O) groups excluding carboxylic acids is 2. The molecule has 0 bridgehead atoms. The summed E-state index contributed by atoms with van der Waals surface area (Å²) in [6.45, 7) is 8.32. The Morgan fingerprint density at radius 3 is 2.36 bits per heavy atom. The van der Waals surface area contributed by atoms with Crippen LogP contribution in [0.2, 0.25) is 0 Å². The van der Waals surface area contributed by atoms with Gasteiger partial charge in [0, 0.05) is 42.3 Å². The van der Waals surface area contributed by atoms with Gasteiger partial charge >= 0.3 is 0 Å². The minimum absolute atomic E-state index is 0.0795. The number of aromatic nitrogens is 1. The van der Waals surface area contributed by atoms with Crippen LogP contribution in [0, 0.1) is 13.8 Å². The SMILES string of the molecule is CCCN(C(=O)Cc1c(C)nc2ccccc2c1C)C1CCN(C(=O)c2ccccc2)CC1. The van der Waals surface area contributed by atoms with Crippen LogP contribution in [0.4, 0.5) is 0 Å². The molecule has 1 aliphatic heterocycles. The quantitative estimate of drug-likeness (QED) is 0.542. The van der Waals surface area contributed by atoms with E-state index < -0.39 is 0 Å². The lowest BCUT2D eigenvalue weighted by molar-refractivity contribution is -0.133. The number of benzene rings is 2. The smallest absolute Gasteiger partial charge is 0.253 e. The van der Waals surface area contributed by atoms with E-state index in [1.165, 1.54) is 0 Å². The standard InChI is InChI=1S/C28H33N3O2/c1-4-16-31(23-14-17-30(18-15-23)28(33)22-10-6-5-7-11-22)27(32)19-25-20(2)24-12-8-9-13-26(24)29-21(25)3/h5-13,23H,4,14-19H2,1-3H3. The van der Waals surface area contributed by atoms with Crippen LogP contribution in [0.15, 0.2) is 54.6 Å². The molecule has 0 unspecified atom stereocenters. The predicted octanol–water partition coefficient (Wildman–Crippen LogP) is 4.94. The van der Waals surface area contributed by atoms with E-state index in [2.05, 4.69) is 24.8 Å². The zero-order valence-corrected chi connectivity index (χ0v) is 19.9. The lowest BCUT2D eigenvalue weighted by Gasteiger charge is -2.39. The molecule has 5 heteroatoms. The molecule has 0 atom stereocenters. The third kappa shape index (κ3) is 4.92. The summed E-state index contributed by atoms with van der Waals surface area (Å²) in [7, 11) is 0. The number of rotatable bonds is 6. The maximum Gasteiger partial charge on any atom is 0.253 e. The number of aryl methyl sites for hydroxylation is 2. The van der Waals surface area contributed by atoms with Crippen LogP contribution in [-0.4, -0.2) is 52.3 Å². The number of carbonyl (C=O) groups is 2. The molecule has 1 aliphatic rings. The average molecular weight is 444 g/mol. The minimum Gasteiger partial charge on any atom is -0.339 e. The Labute approximate surface area is 196 Å². The third-order valence-corrected chi connectivity index (χ3v) is 6.81. The summed E-state index contributed by atoms with van der Waals surface area (Å²) in [5, 5.41) is 1.11. The molecule has 3 aromatic rings. The first-order valence-electron chi connectivity index (χ1n) is 12.0. The van der Waals surface area contributed by atoms with Gasteiger partial charge in [0.05, 0.1) is 11.9 Å². The monoisotopic (exact) mass is 443 g/mol. The highest BCUT2D eigenvalue weighted by atomic mass is 16.2. The van der Waals surface area contributed by atoms with Gasteiger partial charge in [-0.25, -0.2) is 0 Å². The molecule has 0 N–H and O–H groups in total. The van der Waals surface area contributed by atoms with Crippen LogP contribution < -0.4 is 0 Å². The molecule has 0 spiro atoms.